The van der Waals surface area contributed by atoms with E-state index in [0.29, 0.717) is 43.8 Å². The lowest BCUT2D eigenvalue weighted by Gasteiger charge is -2.30. The molecule has 2 aromatic heterocycles. The number of ether oxygens (including phenoxy) is 1. The summed E-state index contributed by atoms with van der Waals surface area (Å²) in [6.07, 6.45) is 4.46. The second kappa shape index (κ2) is 8.55. The normalized spacial score (nSPS) is 15.0. The first kappa shape index (κ1) is 19.9. The maximum absolute atomic E-state index is 12.6. The average molecular weight is 432 g/mol. The minimum absolute atomic E-state index is 0.0854. The Kier molecular flexibility index (Phi) is 5.87. The molecule has 4 rings (SSSR count). The Morgan fingerprint density at radius 2 is 1.97 bits per heavy atom. The molecule has 0 N–H and O–H groups in total. The van der Waals surface area contributed by atoms with Crippen LogP contribution in [0.3, 0.4) is 0 Å². The summed E-state index contributed by atoms with van der Waals surface area (Å²) in [4.78, 5) is 31.7. The van der Waals surface area contributed by atoms with Crippen molar-refractivity contribution >= 4 is 39.8 Å². The van der Waals surface area contributed by atoms with Crippen LogP contribution in [0.2, 0.25) is 5.02 Å². The number of nitrogens with zero attached hydrogens (tertiary/aromatic N) is 3. The van der Waals surface area contributed by atoms with Crippen molar-refractivity contribution < 1.29 is 14.3 Å². The fraction of sp³-hybridized carbons (Fsp3) is 0.381. The molecule has 1 aromatic carbocycles. The lowest BCUT2D eigenvalue weighted by molar-refractivity contribution is -0.148. The topological polar surface area (TPSA) is 63.9 Å². The molecule has 6 nitrogen and oxygen atoms in total. The van der Waals surface area contributed by atoms with Gasteiger partial charge in [0.2, 0.25) is 5.91 Å². The Labute approximate surface area is 178 Å². The van der Waals surface area contributed by atoms with E-state index in [9.17, 15) is 9.59 Å². The minimum Gasteiger partial charge on any atom is -0.469 e. The van der Waals surface area contributed by atoms with Crippen LogP contribution in [-0.2, 0) is 20.7 Å². The van der Waals surface area contributed by atoms with E-state index in [0.717, 1.165) is 21.9 Å². The van der Waals surface area contributed by atoms with Gasteiger partial charge in [0.05, 0.1) is 18.7 Å². The predicted molar refractivity (Wildman–Crippen MR) is 113 cm³/mol. The first-order chi connectivity index (χ1) is 14.0. The number of aryl methyl sites for hydroxylation is 1. The van der Waals surface area contributed by atoms with Crippen molar-refractivity contribution in [2.24, 2.45) is 5.92 Å². The molecule has 1 fully saturated rings. The summed E-state index contributed by atoms with van der Waals surface area (Å²) in [5.74, 6) is -0.127. The fourth-order valence-corrected chi connectivity index (χ4v) is 4.73. The van der Waals surface area contributed by atoms with Crippen LogP contribution in [-0.4, -0.2) is 46.4 Å². The highest BCUT2D eigenvalue weighted by molar-refractivity contribution is 7.15. The zero-order chi connectivity index (χ0) is 20.4. The Hall–Kier alpha value is -2.38. The number of fused-ring (bicyclic) bond motifs is 1. The predicted octanol–water partition coefficient (Wildman–Crippen LogP) is 4.06. The van der Waals surface area contributed by atoms with Gasteiger partial charge >= 0.3 is 5.97 Å². The Bertz CT molecular complexity index is 1020. The minimum atomic E-state index is -0.172. The number of piperidine rings is 1. The number of carbonyl (C=O) groups excluding carboxylic acids is 2. The molecule has 1 amide bonds. The van der Waals surface area contributed by atoms with Crippen molar-refractivity contribution in [1.29, 1.82) is 0 Å². The molecule has 0 saturated carbocycles. The van der Waals surface area contributed by atoms with E-state index in [-0.39, 0.29) is 17.8 Å². The largest absolute Gasteiger partial charge is 0.469 e. The van der Waals surface area contributed by atoms with E-state index >= 15 is 0 Å². The SMILES string of the molecule is COC(=O)C1CCN(C(=O)CCc2csc3nc(-c4ccc(Cl)cc4)cn23)CC1. The standard InChI is InChI=1S/C21H22ClN3O3S/c1-28-20(27)15-8-10-24(11-9-15)19(26)7-6-17-13-29-21-23-18(12-25(17)21)14-2-4-16(22)5-3-14/h2-5,12-13,15H,6-11H2,1H3. The summed E-state index contributed by atoms with van der Waals surface area (Å²) in [6.45, 7) is 1.23. The van der Waals surface area contributed by atoms with Gasteiger partial charge in [0.25, 0.3) is 0 Å². The first-order valence-electron chi connectivity index (χ1n) is 9.62. The molecule has 0 spiro atoms. The van der Waals surface area contributed by atoms with Crippen molar-refractivity contribution in [3.05, 3.63) is 46.6 Å². The van der Waals surface area contributed by atoms with E-state index < -0.39 is 0 Å². The maximum atomic E-state index is 12.6. The van der Waals surface area contributed by atoms with Crippen molar-refractivity contribution in [3.63, 3.8) is 0 Å². The molecule has 0 aliphatic carbocycles. The summed E-state index contributed by atoms with van der Waals surface area (Å²) < 4.78 is 6.87. The number of methoxy groups -OCH3 is 1. The zero-order valence-corrected chi connectivity index (χ0v) is 17.7. The second-order valence-corrected chi connectivity index (χ2v) is 8.46. The van der Waals surface area contributed by atoms with Crippen LogP contribution < -0.4 is 0 Å². The van der Waals surface area contributed by atoms with E-state index in [1.165, 1.54) is 7.11 Å². The van der Waals surface area contributed by atoms with Gasteiger partial charge in [0, 0.05) is 47.4 Å². The van der Waals surface area contributed by atoms with Gasteiger partial charge in [-0.3, -0.25) is 14.0 Å². The Morgan fingerprint density at radius 3 is 2.66 bits per heavy atom. The number of halogens is 1. The molecular weight excluding hydrogens is 410 g/mol. The number of aromatic nitrogens is 2. The zero-order valence-electron chi connectivity index (χ0n) is 16.1. The smallest absolute Gasteiger partial charge is 0.308 e. The number of rotatable bonds is 5. The summed E-state index contributed by atoms with van der Waals surface area (Å²) in [7, 11) is 1.41. The molecule has 29 heavy (non-hydrogen) atoms. The summed E-state index contributed by atoms with van der Waals surface area (Å²) >= 11 is 7.54. The van der Waals surface area contributed by atoms with Crippen LogP contribution in [0.15, 0.2) is 35.8 Å². The lowest BCUT2D eigenvalue weighted by Crippen LogP contribution is -2.40. The van der Waals surface area contributed by atoms with Crippen LogP contribution in [0, 0.1) is 5.92 Å². The van der Waals surface area contributed by atoms with Gasteiger partial charge < -0.3 is 9.64 Å². The van der Waals surface area contributed by atoms with Crippen molar-refractivity contribution in [1.82, 2.24) is 14.3 Å². The summed E-state index contributed by atoms with van der Waals surface area (Å²) in [5, 5.41) is 2.76. The second-order valence-electron chi connectivity index (χ2n) is 7.19. The van der Waals surface area contributed by atoms with Crippen LogP contribution in [0.25, 0.3) is 16.2 Å². The monoisotopic (exact) mass is 431 g/mol. The molecule has 1 aliphatic heterocycles. The van der Waals surface area contributed by atoms with Crippen LogP contribution in [0.4, 0.5) is 0 Å². The molecule has 8 heteroatoms. The van der Waals surface area contributed by atoms with Gasteiger partial charge in [-0.15, -0.1) is 11.3 Å². The van der Waals surface area contributed by atoms with Crippen LogP contribution in [0.1, 0.15) is 25.0 Å². The van der Waals surface area contributed by atoms with Crippen molar-refractivity contribution in [3.8, 4) is 11.3 Å². The molecular formula is C21H22ClN3O3S. The molecule has 0 radical (unpaired) electrons. The fourth-order valence-electron chi connectivity index (χ4n) is 3.69. The van der Waals surface area contributed by atoms with E-state index in [1.807, 2.05) is 35.4 Å². The molecule has 1 aliphatic rings. The number of imidazole rings is 1. The highest BCUT2D eigenvalue weighted by Gasteiger charge is 2.27. The number of carbonyl (C=O) groups is 2. The van der Waals surface area contributed by atoms with Gasteiger partial charge in [0.1, 0.15) is 0 Å². The summed E-state index contributed by atoms with van der Waals surface area (Å²) in [6, 6.07) is 7.62. The number of esters is 1. The molecule has 3 heterocycles. The summed E-state index contributed by atoms with van der Waals surface area (Å²) in [5.41, 5.74) is 2.99. The quantitative estimate of drug-likeness (QED) is 0.571. The Balaban J connectivity index is 1.38. The number of benzene rings is 1. The molecule has 0 unspecified atom stereocenters. The number of likely N-dealkylation sites (tertiary alicyclic amines) is 1. The first-order valence-corrected chi connectivity index (χ1v) is 10.9. The maximum Gasteiger partial charge on any atom is 0.308 e. The number of amides is 1. The molecule has 0 bridgehead atoms. The highest BCUT2D eigenvalue weighted by atomic mass is 35.5. The van der Waals surface area contributed by atoms with Gasteiger partial charge in [-0.05, 0) is 31.4 Å². The lowest BCUT2D eigenvalue weighted by atomic mass is 9.97. The highest BCUT2D eigenvalue weighted by Crippen LogP contribution is 2.26. The third-order valence-corrected chi connectivity index (χ3v) is 6.54. The number of hydrogen-bond acceptors (Lipinski definition) is 5. The van der Waals surface area contributed by atoms with E-state index in [2.05, 4.69) is 14.8 Å². The Morgan fingerprint density at radius 1 is 1.24 bits per heavy atom. The van der Waals surface area contributed by atoms with Gasteiger partial charge in [-0.1, -0.05) is 23.7 Å². The van der Waals surface area contributed by atoms with Crippen molar-refractivity contribution in [2.75, 3.05) is 20.2 Å². The molecule has 3 aromatic rings. The molecule has 0 atom stereocenters. The average Bonchev–Trinajstić information content (AvgIpc) is 3.33. The third-order valence-electron chi connectivity index (χ3n) is 5.40. The van der Waals surface area contributed by atoms with Gasteiger partial charge in [-0.25, -0.2) is 4.98 Å². The van der Waals surface area contributed by atoms with E-state index in [4.69, 9.17) is 16.3 Å². The van der Waals surface area contributed by atoms with Crippen LogP contribution >= 0.6 is 22.9 Å². The molecule has 152 valence electrons. The third kappa shape index (κ3) is 4.31. The van der Waals surface area contributed by atoms with Crippen molar-refractivity contribution in [2.45, 2.75) is 25.7 Å². The number of hydrogen-bond donors (Lipinski definition) is 0. The van der Waals surface area contributed by atoms with Gasteiger partial charge in [0.15, 0.2) is 4.96 Å². The molecule has 1 saturated heterocycles. The van der Waals surface area contributed by atoms with E-state index in [1.54, 1.807) is 11.3 Å². The van der Waals surface area contributed by atoms with Crippen LogP contribution in [0.5, 0.6) is 0 Å². The van der Waals surface area contributed by atoms with Gasteiger partial charge in [-0.2, -0.15) is 0 Å². The number of thiazole rings is 1.